The second-order valence-electron chi connectivity index (χ2n) is 11.5. The van der Waals surface area contributed by atoms with Crippen LogP contribution >= 0.6 is 0 Å². The Morgan fingerprint density at radius 3 is 1.69 bits per heavy atom. The maximum absolute atomic E-state index is 5.35. The van der Waals surface area contributed by atoms with Crippen molar-refractivity contribution in [3.63, 3.8) is 0 Å². The van der Waals surface area contributed by atoms with Gasteiger partial charge < -0.3 is 0 Å². The largest absolute Gasteiger partial charge is 0.278 e. The minimum absolute atomic E-state index is 0.663. The summed E-state index contributed by atoms with van der Waals surface area (Å²) in [6.07, 6.45) is 0. The molecule has 2 aromatic heterocycles. The average Bonchev–Trinajstić information content (AvgIpc) is 3.44. The number of nitrogens with zero attached hydrogens (tertiary/aromatic N) is 3. The Morgan fingerprint density at radius 1 is 0.356 bits per heavy atom. The predicted molar refractivity (Wildman–Crippen MR) is 188 cm³/mol. The van der Waals surface area contributed by atoms with Gasteiger partial charge in [0.05, 0.1) is 22.2 Å². The van der Waals surface area contributed by atoms with Gasteiger partial charge in [-0.05, 0) is 63.4 Å². The van der Waals surface area contributed by atoms with Gasteiger partial charge in [0.15, 0.2) is 0 Å². The molecule has 0 N–H and O–H groups in total. The van der Waals surface area contributed by atoms with Crippen molar-refractivity contribution in [3.8, 4) is 39.5 Å². The van der Waals surface area contributed by atoms with Crippen LogP contribution in [0.5, 0.6) is 0 Å². The van der Waals surface area contributed by atoms with Crippen LogP contribution in [0.4, 0.5) is 0 Å². The van der Waals surface area contributed by atoms with Gasteiger partial charge in [0.2, 0.25) is 5.95 Å². The maximum atomic E-state index is 5.35. The first-order valence-electron chi connectivity index (χ1n) is 15.3. The normalized spacial score (nSPS) is 11.6. The molecule has 210 valence electrons. The number of fused-ring (bicyclic) bond motifs is 5. The van der Waals surface area contributed by atoms with E-state index in [1.807, 2.05) is 12.1 Å². The summed E-state index contributed by atoms with van der Waals surface area (Å²) >= 11 is 0. The van der Waals surface area contributed by atoms with E-state index < -0.39 is 0 Å². The summed E-state index contributed by atoms with van der Waals surface area (Å²) in [6, 6.07) is 57.9. The SMILES string of the molecule is c1ccc(-c2ccc(-c3nc(-n4c5ccccc5c5cc6ccccc6cc54)nc4cc(-c5ccccc5)ccc34)cc2)cc1. The predicted octanol–water partition coefficient (Wildman–Crippen LogP) is 10.9. The van der Waals surface area contributed by atoms with Crippen LogP contribution < -0.4 is 0 Å². The summed E-state index contributed by atoms with van der Waals surface area (Å²) in [5.41, 5.74) is 9.74. The van der Waals surface area contributed by atoms with E-state index in [0.29, 0.717) is 5.95 Å². The molecule has 0 bridgehead atoms. The third kappa shape index (κ3) is 4.29. The van der Waals surface area contributed by atoms with Crippen LogP contribution in [-0.4, -0.2) is 14.5 Å². The van der Waals surface area contributed by atoms with Gasteiger partial charge >= 0.3 is 0 Å². The zero-order valence-corrected chi connectivity index (χ0v) is 24.4. The van der Waals surface area contributed by atoms with Crippen molar-refractivity contribution in [2.24, 2.45) is 0 Å². The van der Waals surface area contributed by atoms with E-state index in [9.17, 15) is 0 Å². The van der Waals surface area contributed by atoms with E-state index in [-0.39, 0.29) is 0 Å². The highest BCUT2D eigenvalue weighted by Gasteiger charge is 2.18. The van der Waals surface area contributed by atoms with Gasteiger partial charge in [0.1, 0.15) is 0 Å². The molecule has 0 aliphatic rings. The third-order valence-electron chi connectivity index (χ3n) is 8.80. The summed E-state index contributed by atoms with van der Waals surface area (Å²) < 4.78 is 2.23. The molecule has 0 spiro atoms. The fourth-order valence-electron chi connectivity index (χ4n) is 6.57. The Balaban J connectivity index is 1.32. The third-order valence-corrected chi connectivity index (χ3v) is 8.80. The van der Waals surface area contributed by atoms with Crippen LogP contribution in [0.15, 0.2) is 164 Å². The van der Waals surface area contributed by atoms with Gasteiger partial charge in [-0.25, -0.2) is 9.97 Å². The van der Waals surface area contributed by atoms with Crippen LogP contribution in [0, 0.1) is 0 Å². The topological polar surface area (TPSA) is 30.7 Å². The summed E-state index contributed by atoms with van der Waals surface area (Å²) in [5.74, 6) is 0.663. The fraction of sp³-hybridized carbons (Fsp3) is 0. The molecule has 45 heavy (non-hydrogen) atoms. The van der Waals surface area contributed by atoms with Gasteiger partial charge in [-0.15, -0.1) is 0 Å². The summed E-state index contributed by atoms with van der Waals surface area (Å²) in [4.78, 5) is 10.6. The molecule has 9 rings (SSSR count). The lowest BCUT2D eigenvalue weighted by atomic mass is 9.99. The van der Waals surface area contributed by atoms with Crippen LogP contribution in [0.3, 0.4) is 0 Å². The van der Waals surface area contributed by atoms with Crippen LogP contribution in [0.1, 0.15) is 0 Å². The first-order valence-corrected chi connectivity index (χ1v) is 15.3. The molecule has 0 atom stereocenters. The summed E-state index contributed by atoms with van der Waals surface area (Å²) in [5, 5.41) is 5.82. The summed E-state index contributed by atoms with van der Waals surface area (Å²) in [7, 11) is 0. The molecule has 0 aliphatic heterocycles. The molecule has 0 unspecified atom stereocenters. The minimum atomic E-state index is 0.663. The molecular formula is C42H27N3. The second kappa shape index (κ2) is 10.3. The van der Waals surface area contributed by atoms with Crippen molar-refractivity contribution in [1.82, 2.24) is 14.5 Å². The maximum Gasteiger partial charge on any atom is 0.235 e. The van der Waals surface area contributed by atoms with Crippen LogP contribution in [0.2, 0.25) is 0 Å². The number of benzene rings is 7. The van der Waals surface area contributed by atoms with E-state index >= 15 is 0 Å². The number of rotatable bonds is 4. The van der Waals surface area contributed by atoms with Crippen molar-refractivity contribution < 1.29 is 0 Å². The monoisotopic (exact) mass is 573 g/mol. The molecule has 7 aromatic carbocycles. The molecular weight excluding hydrogens is 546 g/mol. The van der Waals surface area contributed by atoms with Gasteiger partial charge in [0, 0.05) is 21.7 Å². The Bertz CT molecular complexity index is 2510. The first kappa shape index (κ1) is 25.4. The molecule has 0 saturated carbocycles. The molecule has 0 aliphatic carbocycles. The Labute approximate surface area is 260 Å². The highest BCUT2D eigenvalue weighted by Crippen LogP contribution is 2.37. The molecule has 3 nitrogen and oxygen atoms in total. The van der Waals surface area contributed by atoms with Gasteiger partial charge in [-0.2, -0.15) is 0 Å². The quantitative estimate of drug-likeness (QED) is 0.210. The Hall–Kier alpha value is -6.06. The highest BCUT2D eigenvalue weighted by molar-refractivity contribution is 6.13. The van der Waals surface area contributed by atoms with Crippen molar-refractivity contribution in [1.29, 1.82) is 0 Å². The minimum Gasteiger partial charge on any atom is -0.278 e. The van der Waals surface area contributed by atoms with Crippen molar-refractivity contribution in [3.05, 3.63) is 164 Å². The Morgan fingerprint density at radius 2 is 0.933 bits per heavy atom. The second-order valence-corrected chi connectivity index (χ2v) is 11.5. The highest BCUT2D eigenvalue weighted by atomic mass is 15.2. The molecule has 0 saturated heterocycles. The number of hydrogen-bond donors (Lipinski definition) is 0. The van der Waals surface area contributed by atoms with E-state index in [0.717, 1.165) is 44.3 Å². The number of aromatic nitrogens is 3. The lowest BCUT2D eigenvalue weighted by Crippen LogP contribution is -2.03. The van der Waals surface area contributed by atoms with E-state index in [1.165, 1.54) is 32.7 Å². The van der Waals surface area contributed by atoms with E-state index in [2.05, 4.69) is 156 Å². The average molecular weight is 574 g/mol. The molecule has 0 radical (unpaired) electrons. The van der Waals surface area contributed by atoms with Gasteiger partial charge in [0.25, 0.3) is 0 Å². The lowest BCUT2D eigenvalue weighted by Gasteiger charge is -2.13. The zero-order valence-electron chi connectivity index (χ0n) is 24.4. The molecule has 2 heterocycles. The van der Waals surface area contributed by atoms with Gasteiger partial charge in [-0.1, -0.05) is 133 Å². The number of para-hydroxylation sites is 1. The van der Waals surface area contributed by atoms with Crippen molar-refractivity contribution in [2.75, 3.05) is 0 Å². The molecule has 0 amide bonds. The summed E-state index contributed by atoms with van der Waals surface area (Å²) in [6.45, 7) is 0. The van der Waals surface area contributed by atoms with Crippen LogP contribution in [0.25, 0.3) is 82.9 Å². The molecule has 3 heteroatoms. The molecule has 9 aromatic rings. The molecule has 0 fully saturated rings. The van der Waals surface area contributed by atoms with Crippen molar-refractivity contribution in [2.45, 2.75) is 0 Å². The van der Waals surface area contributed by atoms with Crippen LogP contribution in [-0.2, 0) is 0 Å². The van der Waals surface area contributed by atoms with E-state index in [4.69, 9.17) is 9.97 Å². The Kier molecular flexibility index (Phi) is 5.82. The standard InChI is InChI=1S/C42H27N3/c1-3-11-28(12-4-1)30-19-21-31(22-20-30)41-36-24-23-34(29-13-5-2-6-14-29)26-38(36)43-42(44-41)45-39-18-10-9-17-35(39)37-25-32-15-7-8-16-33(32)27-40(37)45/h1-27H. The fourth-order valence-corrected chi connectivity index (χ4v) is 6.57. The number of hydrogen-bond acceptors (Lipinski definition) is 2. The lowest BCUT2D eigenvalue weighted by molar-refractivity contribution is 1.01. The van der Waals surface area contributed by atoms with Crippen molar-refractivity contribution >= 4 is 43.5 Å². The van der Waals surface area contributed by atoms with E-state index in [1.54, 1.807) is 0 Å². The zero-order chi connectivity index (χ0) is 29.7. The first-order chi connectivity index (χ1) is 22.3. The smallest absolute Gasteiger partial charge is 0.235 e. The van der Waals surface area contributed by atoms with Gasteiger partial charge in [-0.3, -0.25) is 4.57 Å².